The van der Waals surface area contributed by atoms with Gasteiger partial charge in [0.1, 0.15) is 0 Å². The van der Waals surface area contributed by atoms with Crippen molar-refractivity contribution in [2.24, 2.45) is 0 Å². The van der Waals surface area contributed by atoms with E-state index < -0.39 is 0 Å². The summed E-state index contributed by atoms with van der Waals surface area (Å²) in [4.78, 5) is 0. The van der Waals surface area contributed by atoms with Crippen LogP contribution in [0.1, 0.15) is 12.5 Å². The fourth-order valence-corrected chi connectivity index (χ4v) is 2.37. The van der Waals surface area contributed by atoms with Gasteiger partial charge in [0.05, 0.1) is 0 Å². The van der Waals surface area contributed by atoms with Crippen molar-refractivity contribution >= 4 is 10.8 Å². The summed E-state index contributed by atoms with van der Waals surface area (Å²) in [5.74, 6) is 0. The van der Waals surface area contributed by atoms with Gasteiger partial charge in [0.25, 0.3) is 0 Å². The average molecular weight is 338 g/mol. The first-order valence-electron chi connectivity index (χ1n) is 6.12. The number of halogens is 2. The zero-order chi connectivity index (χ0) is 11.7. The van der Waals surface area contributed by atoms with E-state index in [1.807, 2.05) is 0 Å². The number of fused-ring (bicyclic) bond motifs is 1. The molecule has 3 aromatic carbocycles. The van der Waals surface area contributed by atoms with Crippen molar-refractivity contribution in [1.29, 1.82) is 0 Å². The largest absolute Gasteiger partial charge is 3.00 e. The molecule has 20 heavy (non-hydrogen) atoms. The molecule has 3 aromatic rings. The number of hydrogen-bond donors (Lipinski definition) is 0. The Morgan fingerprint density at radius 3 is 2.25 bits per heavy atom. The quantitative estimate of drug-likeness (QED) is 0.407. The normalized spacial score (nSPS) is 9.25. The van der Waals surface area contributed by atoms with E-state index in [1.54, 1.807) is 0 Å². The van der Waals surface area contributed by atoms with Crippen molar-refractivity contribution < 1.29 is 46.5 Å². The van der Waals surface area contributed by atoms with Gasteiger partial charge in [-0.25, -0.2) is 0 Å². The van der Waals surface area contributed by atoms with Crippen molar-refractivity contribution in [2.45, 2.75) is 13.3 Å². The molecule has 0 atom stereocenters. The molecule has 0 heterocycles. The van der Waals surface area contributed by atoms with E-state index in [-0.39, 0.29) is 46.5 Å². The van der Waals surface area contributed by atoms with Crippen molar-refractivity contribution in [2.75, 3.05) is 0 Å². The Morgan fingerprint density at radius 1 is 0.900 bits per heavy atom. The molecule has 3 rings (SSSR count). The molecule has 0 N–H and O–H groups in total. The zero-order valence-electron chi connectivity index (χ0n) is 11.2. The molecule has 0 fully saturated rings. The molecule has 0 bridgehead atoms. The summed E-state index contributed by atoms with van der Waals surface area (Å²) in [5, 5.41) is 2.72. The number of aryl methyl sites for hydroxylation is 1. The van der Waals surface area contributed by atoms with E-state index in [9.17, 15) is 0 Å². The predicted octanol–water partition coefficient (Wildman–Crippen LogP) is -1.21. The van der Waals surface area contributed by atoms with Crippen LogP contribution in [0.25, 0.3) is 21.9 Å². The van der Waals surface area contributed by atoms with Gasteiger partial charge in [-0.2, -0.15) is 6.07 Å². The third kappa shape index (κ3) is 3.71. The van der Waals surface area contributed by atoms with Crippen LogP contribution in [0.2, 0.25) is 0 Å². The van der Waals surface area contributed by atoms with Gasteiger partial charge in [-0.1, -0.05) is 48.9 Å². The summed E-state index contributed by atoms with van der Waals surface area (Å²) in [7, 11) is 0. The van der Waals surface area contributed by atoms with Gasteiger partial charge in [0.2, 0.25) is 0 Å². The topological polar surface area (TPSA) is 0 Å². The van der Waals surface area contributed by atoms with E-state index in [0.717, 1.165) is 6.42 Å². The van der Waals surface area contributed by atoms with E-state index in [1.165, 1.54) is 27.5 Å². The third-order valence-corrected chi connectivity index (χ3v) is 3.30. The molecule has 0 aromatic heterocycles. The molecule has 101 valence electrons. The van der Waals surface area contributed by atoms with E-state index in [0.29, 0.717) is 0 Å². The molecule has 0 aliphatic carbocycles. The van der Waals surface area contributed by atoms with Gasteiger partial charge < -0.3 is 24.8 Å². The van der Waals surface area contributed by atoms with Crippen LogP contribution in [0.3, 0.4) is 0 Å². The minimum Gasteiger partial charge on any atom is -1.00 e. The van der Waals surface area contributed by atoms with Crippen molar-refractivity contribution in [3.63, 3.8) is 0 Å². The monoisotopic (exact) mass is 337 g/mol. The molecular weight excluding hydrogens is 323 g/mol. The minimum absolute atomic E-state index is 0. The van der Waals surface area contributed by atoms with Crippen molar-refractivity contribution in [3.8, 4) is 11.1 Å². The molecule has 0 amide bonds. The van der Waals surface area contributed by atoms with Crippen LogP contribution >= 0.6 is 0 Å². The Bertz CT molecular complexity index is 644. The summed E-state index contributed by atoms with van der Waals surface area (Å²) in [6, 6.07) is 21.8. The number of hydrogen-bond acceptors (Lipinski definition) is 0. The Balaban J connectivity index is 0.00000120. The molecule has 0 saturated carbocycles. The average Bonchev–Trinajstić information content (AvgIpc) is 2.82. The van der Waals surface area contributed by atoms with E-state index in [2.05, 4.69) is 67.6 Å². The maximum atomic E-state index is 2.32. The van der Waals surface area contributed by atoms with Gasteiger partial charge >= 0.3 is 21.7 Å². The van der Waals surface area contributed by atoms with E-state index in [4.69, 9.17) is 0 Å². The Hall–Kier alpha value is -0.656. The van der Waals surface area contributed by atoms with Crippen molar-refractivity contribution in [3.05, 3.63) is 66.2 Å². The standard InChI is InChI=1S/C17H15.2ClH.Ti/c1-2-13-11-15-9-6-10-16(17(15)12-13)14-7-4-3-5-8-14;;;/h3-12H,2H2,1H3;2*1H;/q-1;;;+3/p-2. The third-order valence-electron chi connectivity index (χ3n) is 3.30. The Kier molecular flexibility index (Phi) is 8.31. The van der Waals surface area contributed by atoms with Crippen LogP contribution in [0.5, 0.6) is 0 Å². The van der Waals surface area contributed by atoms with Gasteiger partial charge in [-0.15, -0.1) is 34.5 Å². The van der Waals surface area contributed by atoms with Gasteiger partial charge in [-0.05, 0) is 12.0 Å². The molecule has 0 aliphatic heterocycles. The van der Waals surface area contributed by atoms with Gasteiger partial charge in [-0.3, -0.25) is 0 Å². The van der Waals surface area contributed by atoms with Crippen LogP contribution in [0.15, 0.2) is 60.7 Å². The first-order chi connectivity index (χ1) is 8.38. The second-order valence-electron chi connectivity index (χ2n) is 4.39. The van der Waals surface area contributed by atoms with Gasteiger partial charge in [0, 0.05) is 0 Å². The van der Waals surface area contributed by atoms with Crippen LogP contribution in [-0.2, 0) is 28.1 Å². The fourth-order valence-electron chi connectivity index (χ4n) is 2.37. The summed E-state index contributed by atoms with van der Waals surface area (Å²) >= 11 is 0. The molecule has 1 radical (unpaired) electrons. The fraction of sp³-hybridized carbons (Fsp3) is 0.118. The smallest absolute Gasteiger partial charge is 1.00 e. The predicted molar refractivity (Wildman–Crippen MR) is 74.4 cm³/mol. The zero-order valence-corrected chi connectivity index (χ0v) is 14.3. The second-order valence-corrected chi connectivity index (χ2v) is 4.39. The summed E-state index contributed by atoms with van der Waals surface area (Å²) < 4.78 is 0. The first kappa shape index (κ1) is 19.3. The minimum atomic E-state index is 0. The molecule has 0 aliphatic rings. The van der Waals surface area contributed by atoms with Crippen LogP contribution in [-0.4, -0.2) is 0 Å². The molecule has 3 heteroatoms. The Labute approximate surface area is 147 Å². The van der Waals surface area contributed by atoms with Crippen LogP contribution < -0.4 is 24.8 Å². The Morgan fingerprint density at radius 2 is 1.60 bits per heavy atom. The summed E-state index contributed by atoms with van der Waals surface area (Å²) in [6.45, 7) is 2.20. The van der Waals surface area contributed by atoms with E-state index >= 15 is 0 Å². The van der Waals surface area contributed by atoms with Crippen molar-refractivity contribution in [1.82, 2.24) is 0 Å². The maximum Gasteiger partial charge on any atom is 3.00 e. The molecular formula is C17H15Cl2Ti. The summed E-state index contributed by atoms with van der Waals surface area (Å²) in [6.07, 6.45) is 1.10. The second kappa shape index (κ2) is 8.59. The summed E-state index contributed by atoms with van der Waals surface area (Å²) in [5.41, 5.74) is 4.05. The van der Waals surface area contributed by atoms with Crippen LogP contribution in [0, 0.1) is 0 Å². The number of benzene rings is 2. The molecule has 0 saturated heterocycles. The SMILES string of the molecule is CCc1cc2c(-c3ccccc3)cccc2[cH-]1.[Cl-].[Cl-].[Ti+3]. The molecule has 0 unspecified atom stereocenters. The molecule has 0 nitrogen and oxygen atoms in total. The van der Waals surface area contributed by atoms with Crippen LogP contribution in [0.4, 0.5) is 0 Å². The molecule has 0 spiro atoms. The van der Waals surface area contributed by atoms with Gasteiger partial charge in [0.15, 0.2) is 0 Å². The first-order valence-corrected chi connectivity index (χ1v) is 6.12. The number of rotatable bonds is 2. The maximum absolute atomic E-state index is 2.32.